The molecule has 0 saturated heterocycles. The Morgan fingerprint density at radius 2 is 1.83 bits per heavy atom. The van der Waals surface area contributed by atoms with Gasteiger partial charge in [0.15, 0.2) is 0 Å². The fraction of sp³-hybridized carbons (Fsp3) is 0.143. The van der Waals surface area contributed by atoms with Crippen LogP contribution in [0.2, 0.25) is 0 Å². The van der Waals surface area contributed by atoms with E-state index in [1.807, 2.05) is 24.1 Å². The van der Waals surface area contributed by atoms with Gasteiger partial charge in [-0.3, -0.25) is 0 Å². The molecule has 3 nitrogen and oxygen atoms in total. The van der Waals surface area contributed by atoms with Crippen molar-refractivity contribution in [3.8, 4) is 0 Å². The minimum absolute atomic E-state index is 0.368. The second kappa shape index (κ2) is 5.14. The fourth-order valence-corrected chi connectivity index (χ4v) is 1.75. The largest absolute Gasteiger partial charge is 0.389 e. The summed E-state index contributed by atoms with van der Waals surface area (Å²) >= 11 is 4.90. The molecule has 18 heavy (non-hydrogen) atoms. The summed E-state index contributed by atoms with van der Waals surface area (Å²) < 4.78 is 0. The molecule has 2 aromatic rings. The Labute approximate surface area is 112 Å². The quantitative estimate of drug-likeness (QED) is 0.859. The number of aromatic nitrogens is 1. The van der Waals surface area contributed by atoms with Gasteiger partial charge < -0.3 is 10.6 Å². The monoisotopic (exact) mass is 257 g/mol. The summed E-state index contributed by atoms with van der Waals surface area (Å²) in [6.45, 7) is 2.07. The van der Waals surface area contributed by atoms with Gasteiger partial charge in [0.2, 0.25) is 0 Å². The first-order chi connectivity index (χ1) is 8.58. The molecule has 1 aromatic heterocycles. The first-order valence-electron chi connectivity index (χ1n) is 5.64. The predicted molar refractivity (Wildman–Crippen MR) is 79.4 cm³/mol. The highest BCUT2D eigenvalue weighted by Crippen LogP contribution is 2.21. The second-order valence-electron chi connectivity index (χ2n) is 4.16. The number of hydrogen-bond donors (Lipinski definition) is 1. The van der Waals surface area contributed by atoms with Gasteiger partial charge >= 0.3 is 0 Å². The van der Waals surface area contributed by atoms with E-state index in [4.69, 9.17) is 18.0 Å². The third-order valence-corrected chi connectivity index (χ3v) is 3.03. The summed E-state index contributed by atoms with van der Waals surface area (Å²) in [7, 11) is 1.98. The van der Waals surface area contributed by atoms with Gasteiger partial charge in [-0.1, -0.05) is 29.9 Å². The van der Waals surface area contributed by atoms with Crippen LogP contribution in [0.3, 0.4) is 0 Å². The normalized spacial score (nSPS) is 10.1. The summed E-state index contributed by atoms with van der Waals surface area (Å²) in [5.41, 5.74) is 8.66. The van der Waals surface area contributed by atoms with Crippen LogP contribution < -0.4 is 10.6 Å². The molecule has 0 atom stereocenters. The SMILES string of the molecule is Cc1ccc(N(C)c2ccc(C(N)=S)cn2)cc1. The lowest BCUT2D eigenvalue weighted by atomic mass is 10.2. The number of pyridine rings is 1. The maximum atomic E-state index is 5.55. The van der Waals surface area contributed by atoms with Crippen LogP contribution in [0.15, 0.2) is 42.6 Å². The highest BCUT2D eigenvalue weighted by atomic mass is 32.1. The molecule has 0 aliphatic heterocycles. The van der Waals surface area contributed by atoms with Crippen molar-refractivity contribution in [2.45, 2.75) is 6.92 Å². The summed E-state index contributed by atoms with van der Waals surface area (Å²) in [5.74, 6) is 0.860. The molecule has 0 saturated carbocycles. The van der Waals surface area contributed by atoms with E-state index in [0.717, 1.165) is 17.1 Å². The van der Waals surface area contributed by atoms with E-state index in [0.29, 0.717) is 4.99 Å². The van der Waals surface area contributed by atoms with Gasteiger partial charge in [0.25, 0.3) is 0 Å². The van der Waals surface area contributed by atoms with Crippen molar-refractivity contribution in [1.29, 1.82) is 0 Å². The Hall–Kier alpha value is -1.94. The van der Waals surface area contributed by atoms with Crippen molar-refractivity contribution in [2.75, 3.05) is 11.9 Å². The minimum Gasteiger partial charge on any atom is -0.389 e. The van der Waals surface area contributed by atoms with Crippen molar-refractivity contribution >= 4 is 28.7 Å². The van der Waals surface area contributed by atoms with Crippen molar-refractivity contribution in [3.05, 3.63) is 53.7 Å². The zero-order chi connectivity index (χ0) is 13.1. The number of rotatable bonds is 3. The predicted octanol–water partition coefficient (Wildman–Crippen LogP) is 2.79. The third kappa shape index (κ3) is 2.65. The summed E-state index contributed by atoms with van der Waals surface area (Å²) in [5, 5.41) is 0. The average molecular weight is 257 g/mol. The number of aryl methyl sites for hydroxylation is 1. The van der Waals surface area contributed by atoms with Crippen LogP contribution in [0.4, 0.5) is 11.5 Å². The number of benzene rings is 1. The molecule has 4 heteroatoms. The Bertz CT molecular complexity index is 546. The maximum absolute atomic E-state index is 5.55. The molecule has 0 aliphatic rings. The molecule has 0 amide bonds. The molecular weight excluding hydrogens is 242 g/mol. The molecule has 0 unspecified atom stereocenters. The number of thiocarbonyl (C=S) groups is 1. The summed E-state index contributed by atoms with van der Waals surface area (Å²) in [6, 6.07) is 12.1. The van der Waals surface area contributed by atoms with Gasteiger partial charge in [0, 0.05) is 24.5 Å². The molecule has 0 aliphatic carbocycles. The van der Waals surface area contributed by atoms with Gasteiger partial charge in [0.05, 0.1) is 0 Å². The van der Waals surface area contributed by atoms with Gasteiger partial charge in [-0.05, 0) is 31.2 Å². The zero-order valence-electron chi connectivity index (χ0n) is 10.4. The lowest BCUT2D eigenvalue weighted by Gasteiger charge is -2.18. The van der Waals surface area contributed by atoms with Crippen LogP contribution in [0, 0.1) is 6.92 Å². The van der Waals surface area contributed by atoms with E-state index < -0.39 is 0 Å². The Balaban J connectivity index is 2.25. The van der Waals surface area contributed by atoms with Gasteiger partial charge in [-0.2, -0.15) is 0 Å². The minimum atomic E-state index is 0.368. The molecule has 1 heterocycles. The Morgan fingerprint density at radius 3 is 2.33 bits per heavy atom. The Morgan fingerprint density at radius 1 is 1.17 bits per heavy atom. The van der Waals surface area contributed by atoms with Crippen LogP contribution in [0.1, 0.15) is 11.1 Å². The van der Waals surface area contributed by atoms with Crippen LogP contribution in [-0.4, -0.2) is 17.0 Å². The molecule has 92 valence electrons. The van der Waals surface area contributed by atoms with Crippen molar-refractivity contribution in [1.82, 2.24) is 4.98 Å². The van der Waals surface area contributed by atoms with E-state index in [1.165, 1.54) is 5.56 Å². The number of nitrogens with two attached hydrogens (primary N) is 1. The van der Waals surface area contributed by atoms with E-state index >= 15 is 0 Å². The van der Waals surface area contributed by atoms with Crippen LogP contribution in [0.5, 0.6) is 0 Å². The summed E-state index contributed by atoms with van der Waals surface area (Å²) in [6.07, 6.45) is 1.70. The standard InChI is InChI=1S/C14H15N3S/c1-10-3-6-12(7-4-10)17(2)13-8-5-11(9-16-13)14(15)18/h3-9H,1-2H3,(H2,15,18). The van der Waals surface area contributed by atoms with E-state index in [-0.39, 0.29) is 0 Å². The Kier molecular flexibility index (Phi) is 3.58. The highest BCUT2D eigenvalue weighted by Gasteiger charge is 2.05. The van der Waals surface area contributed by atoms with Crippen molar-refractivity contribution in [2.24, 2.45) is 5.73 Å². The molecule has 0 spiro atoms. The molecule has 2 rings (SSSR count). The summed E-state index contributed by atoms with van der Waals surface area (Å²) in [4.78, 5) is 6.74. The number of anilines is 2. The van der Waals surface area contributed by atoms with Gasteiger partial charge in [-0.25, -0.2) is 4.98 Å². The highest BCUT2D eigenvalue weighted by molar-refractivity contribution is 7.80. The average Bonchev–Trinajstić information content (AvgIpc) is 2.39. The third-order valence-electron chi connectivity index (χ3n) is 2.80. The second-order valence-corrected chi connectivity index (χ2v) is 4.60. The van der Waals surface area contributed by atoms with E-state index in [2.05, 4.69) is 36.2 Å². The molecule has 1 aromatic carbocycles. The van der Waals surface area contributed by atoms with Crippen molar-refractivity contribution < 1.29 is 0 Å². The smallest absolute Gasteiger partial charge is 0.132 e. The van der Waals surface area contributed by atoms with Crippen LogP contribution in [0.25, 0.3) is 0 Å². The van der Waals surface area contributed by atoms with E-state index in [9.17, 15) is 0 Å². The van der Waals surface area contributed by atoms with Gasteiger partial charge in [-0.15, -0.1) is 0 Å². The van der Waals surface area contributed by atoms with Crippen LogP contribution in [-0.2, 0) is 0 Å². The van der Waals surface area contributed by atoms with Crippen LogP contribution >= 0.6 is 12.2 Å². The number of nitrogens with zero attached hydrogens (tertiary/aromatic N) is 2. The lowest BCUT2D eigenvalue weighted by molar-refractivity contribution is 1.12. The molecule has 2 N–H and O–H groups in total. The number of hydrogen-bond acceptors (Lipinski definition) is 3. The zero-order valence-corrected chi connectivity index (χ0v) is 11.2. The van der Waals surface area contributed by atoms with Gasteiger partial charge in [0.1, 0.15) is 10.8 Å². The lowest BCUT2D eigenvalue weighted by Crippen LogP contribution is -2.13. The molecule has 0 fully saturated rings. The van der Waals surface area contributed by atoms with E-state index in [1.54, 1.807) is 6.20 Å². The maximum Gasteiger partial charge on any atom is 0.132 e. The molecule has 0 radical (unpaired) electrons. The topological polar surface area (TPSA) is 42.1 Å². The first kappa shape index (κ1) is 12.5. The molecule has 0 bridgehead atoms. The van der Waals surface area contributed by atoms with Crippen molar-refractivity contribution in [3.63, 3.8) is 0 Å². The molecular formula is C14H15N3S. The fourth-order valence-electron chi connectivity index (χ4n) is 1.63. The first-order valence-corrected chi connectivity index (χ1v) is 6.05.